The molecule has 128 valence electrons. The van der Waals surface area contributed by atoms with E-state index in [-0.39, 0.29) is 11.9 Å². The van der Waals surface area contributed by atoms with Gasteiger partial charge in [0.2, 0.25) is 5.91 Å². The van der Waals surface area contributed by atoms with Gasteiger partial charge in [0.1, 0.15) is 5.75 Å². The van der Waals surface area contributed by atoms with Crippen molar-refractivity contribution >= 4 is 23.2 Å². The maximum Gasteiger partial charge on any atom is 0.238 e. The van der Waals surface area contributed by atoms with E-state index in [0.29, 0.717) is 17.3 Å². The lowest BCUT2D eigenvalue weighted by atomic mass is 10.1. The third-order valence-corrected chi connectivity index (χ3v) is 4.35. The van der Waals surface area contributed by atoms with Crippen molar-refractivity contribution in [3.63, 3.8) is 0 Å². The Balaban J connectivity index is 2.05. The highest BCUT2D eigenvalue weighted by atomic mass is 35.5. The van der Waals surface area contributed by atoms with Gasteiger partial charge in [-0.25, -0.2) is 0 Å². The van der Waals surface area contributed by atoms with Crippen LogP contribution in [0.5, 0.6) is 5.75 Å². The Morgan fingerprint density at radius 3 is 2.67 bits per heavy atom. The Labute approximate surface area is 148 Å². The topological polar surface area (TPSA) is 41.6 Å². The number of hydrogen-bond donors (Lipinski definition) is 1. The van der Waals surface area contributed by atoms with Crippen LogP contribution >= 0.6 is 11.6 Å². The average molecular weight is 347 g/mol. The van der Waals surface area contributed by atoms with Crippen molar-refractivity contribution < 1.29 is 9.53 Å². The largest absolute Gasteiger partial charge is 0.497 e. The summed E-state index contributed by atoms with van der Waals surface area (Å²) in [7, 11) is 1.65. The average Bonchev–Trinajstić information content (AvgIpc) is 2.61. The number of likely N-dealkylation sites (N-methyl/N-ethyl adjacent to an activating group) is 1. The van der Waals surface area contributed by atoms with Gasteiger partial charge in [-0.15, -0.1) is 0 Å². The van der Waals surface area contributed by atoms with E-state index in [0.717, 1.165) is 17.9 Å². The van der Waals surface area contributed by atoms with Gasteiger partial charge in [-0.05, 0) is 43.3 Å². The molecule has 0 radical (unpaired) electrons. The number of halogens is 1. The van der Waals surface area contributed by atoms with E-state index in [4.69, 9.17) is 16.3 Å². The van der Waals surface area contributed by atoms with Gasteiger partial charge in [0.05, 0.1) is 24.4 Å². The number of hydrogen-bond acceptors (Lipinski definition) is 3. The first kappa shape index (κ1) is 18.3. The lowest BCUT2D eigenvalue weighted by Crippen LogP contribution is -2.35. The Kier molecular flexibility index (Phi) is 6.64. The summed E-state index contributed by atoms with van der Waals surface area (Å²) in [6.45, 7) is 5.18. The summed E-state index contributed by atoms with van der Waals surface area (Å²) in [4.78, 5) is 14.5. The van der Waals surface area contributed by atoms with Gasteiger partial charge in [-0.1, -0.05) is 42.8 Å². The SMILES string of the molecule is CCN(CC(=O)Nc1ccccc1Cl)C(C)c1cccc(OC)c1. The van der Waals surface area contributed by atoms with Gasteiger partial charge in [-0.2, -0.15) is 0 Å². The number of ether oxygens (including phenoxy) is 1. The molecule has 2 rings (SSSR count). The number of nitrogens with one attached hydrogen (secondary N) is 1. The zero-order valence-electron chi connectivity index (χ0n) is 14.3. The second-order valence-corrected chi connectivity index (χ2v) is 5.95. The van der Waals surface area contributed by atoms with Crippen LogP contribution in [0.25, 0.3) is 0 Å². The smallest absolute Gasteiger partial charge is 0.238 e. The zero-order valence-corrected chi connectivity index (χ0v) is 15.0. The van der Waals surface area contributed by atoms with Crippen molar-refractivity contribution in [1.82, 2.24) is 4.90 Å². The molecule has 0 heterocycles. The standard InChI is InChI=1S/C19H23ClN2O2/c1-4-22(14(2)15-8-7-9-16(12-15)24-3)13-19(23)21-18-11-6-5-10-17(18)20/h5-12,14H,4,13H2,1-3H3,(H,21,23). The summed E-state index contributed by atoms with van der Waals surface area (Å²) in [6.07, 6.45) is 0. The van der Waals surface area contributed by atoms with E-state index in [1.807, 2.05) is 43.3 Å². The highest BCUT2D eigenvalue weighted by Gasteiger charge is 2.18. The molecule has 0 aliphatic rings. The van der Waals surface area contributed by atoms with Crippen molar-refractivity contribution in [2.75, 3.05) is 25.5 Å². The molecule has 0 aliphatic heterocycles. The van der Waals surface area contributed by atoms with Crippen LogP contribution in [-0.2, 0) is 4.79 Å². The first-order valence-electron chi connectivity index (χ1n) is 7.97. The van der Waals surface area contributed by atoms with E-state index >= 15 is 0 Å². The third kappa shape index (κ3) is 4.73. The van der Waals surface area contributed by atoms with Crippen LogP contribution in [0.4, 0.5) is 5.69 Å². The Morgan fingerprint density at radius 1 is 1.25 bits per heavy atom. The maximum absolute atomic E-state index is 12.4. The third-order valence-electron chi connectivity index (χ3n) is 4.02. The van der Waals surface area contributed by atoms with Crippen molar-refractivity contribution in [3.8, 4) is 5.75 Å². The fraction of sp³-hybridized carbons (Fsp3) is 0.316. The molecule has 1 unspecified atom stereocenters. The van der Waals surface area contributed by atoms with Crippen molar-refractivity contribution in [1.29, 1.82) is 0 Å². The quantitative estimate of drug-likeness (QED) is 0.809. The molecular weight excluding hydrogens is 324 g/mol. The molecule has 0 saturated carbocycles. The molecule has 0 saturated heterocycles. The van der Waals surface area contributed by atoms with E-state index in [9.17, 15) is 4.79 Å². The molecule has 1 amide bonds. The van der Waals surface area contributed by atoms with Gasteiger partial charge in [0.15, 0.2) is 0 Å². The van der Waals surface area contributed by atoms with Gasteiger partial charge in [0.25, 0.3) is 0 Å². The first-order chi connectivity index (χ1) is 11.5. The minimum Gasteiger partial charge on any atom is -0.497 e. The van der Waals surface area contributed by atoms with Crippen molar-refractivity contribution in [3.05, 3.63) is 59.1 Å². The fourth-order valence-corrected chi connectivity index (χ4v) is 2.75. The minimum atomic E-state index is -0.0836. The highest BCUT2D eigenvalue weighted by molar-refractivity contribution is 6.33. The molecule has 1 atom stereocenters. The molecule has 0 aromatic heterocycles. The monoisotopic (exact) mass is 346 g/mol. The fourth-order valence-electron chi connectivity index (χ4n) is 2.57. The van der Waals surface area contributed by atoms with E-state index in [1.54, 1.807) is 19.2 Å². The molecule has 24 heavy (non-hydrogen) atoms. The van der Waals surface area contributed by atoms with Crippen LogP contribution in [0, 0.1) is 0 Å². The summed E-state index contributed by atoms with van der Waals surface area (Å²) in [6, 6.07) is 15.2. The Hall–Kier alpha value is -2.04. The number of methoxy groups -OCH3 is 1. The van der Waals surface area contributed by atoms with Crippen LogP contribution in [0.15, 0.2) is 48.5 Å². The van der Waals surface area contributed by atoms with E-state index in [1.165, 1.54) is 0 Å². The molecule has 5 heteroatoms. The molecule has 0 aliphatic carbocycles. The molecule has 0 fully saturated rings. The zero-order chi connectivity index (χ0) is 17.5. The molecular formula is C19H23ClN2O2. The van der Waals surface area contributed by atoms with Crippen LogP contribution in [0.2, 0.25) is 5.02 Å². The summed E-state index contributed by atoms with van der Waals surface area (Å²) < 4.78 is 5.28. The Bertz CT molecular complexity index is 691. The first-order valence-corrected chi connectivity index (χ1v) is 8.35. The summed E-state index contributed by atoms with van der Waals surface area (Å²) in [5, 5.41) is 3.40. The predicted molar refractivity (Wildman–Crippen MR) is 98.7 cm³/mol. The van der Waals surface area contributed by atoms with Crippen LogP contribution < -0.4 is 10.1 Å². The van der Waals surface area contributed by atoms with Gasteiger partial charge < -0.3 is 10.1 Å². The lowest BCUT2D eigenvalue weighted by Gasteiger charge is -2.27. The van der Waals surface area contributed by atoms with Crippen LogP contribution in [-0.4, -0.2) is 31.0 Å². The van der Waals surface area contributed by atoms with Crippen LogP contribution in [0.3, 0.4) is 0 Å². The molecule has 0 spiro atoms. The van der Waals surface area contributed by atoms with E-state index in [2.05, 4.69) is 17.1 Å². The molecule has 1 N–H and O–H groups in total. The predicted octanol–water partition coefficient (Wildman–Crippen LogP) is 4.37. The number of benzene rings is 2. The number of carbonyl (C=O) groups excluding carboxylic acids is 1. The molecule has 2 aromatic carbocycles. The van der Waals surface area contributed by atoms with Crippen molar-refractivity contribution in [2.45, 2.75) is 19.9 Å². The number of amides is 1. The summed E-state index contributed by atoms with van der Waals surface area (Å²) >= 11 is 6.09. The summed E-state index contributed by atoms with van der Waals surface area (Å²) in [5.41, 5.74) is 1.75. The number of rotatable bonds is 7. The van der Waals surface area contributed by atoms with Gasteiger partial charge in [-0.3, -0.25) is 9.69 Å². The lowest BCUT2D eigenvalue weighted by molar-refractivity contribution is -0.117. The molecule has 4 nitrogen and oxygen atoms in total. The number of nitrogens with zero attached hydrogens (tertiary/aromatic N) is 1. The number of carbonyl (C=O) groups is 1. The minimum absolute atomic E-state index is 0.0836. The van der Waals surface area contributed by atoms with Gasteiger partial charge in [0, 0.05) is 6.04 Å². The van der Waals surface area contributed by atoms with E-state index < -0.39 is 0 Å². The number of anilines is 1. The maximum atomic E-state index is 12.4. The second kappa shape index (κ2) is 8.71. The van der Waals surface area contributed by atoms with Crippen LogP contribution in [0.1, 0.15) is 25.5 Å². The summed E-state index contributed by atoms with van der Waals surface area (Å²) in [5.74, 6) is 0.732. The van der Waals surface area contributed by atoms with Crippen molar-refractivity contribution in [2.24, 2.45) is 0 Å². The second-order valence-electron chi connectivity index (χ2n) is 5.54. The Morgan fingerprint density at radius 2 is 2.00 bits per heavy atom. The van der Waals surface area contributed by atoms with Gasteiger partial charge >= 0.3 is 0 Å². The highest BCUT2D eigenvalue weighted by Crippen LogP contribution is 2.24. The normalized spacial score (nSPS) is 12.0. The molecule has 2 aromatic rings. The molecule has 0 bridgehead atoms. The number of para-hydroxylation sites is 1.